The first kappa shape index (κ1) is 33.7. The molecule has 11 nitrogen and oxygen atoms in total. The van der Waals surface area contributed by atoms with Crippen molar-refractivity contribution in [2.75, 3.05) is 66.0 Å². The standard InChI is InChI=1S/C22H39B3N6O5/c1-4-18(15-30(8-5-26-3)21(35)12-24)27-6-9-31(22(36)13-25)16-19(33)28-7-10-29(14-17(2)32)20(34)11-23/h18,26-27H,4-16H2,1-3H3,(H,28,33). The first-order valence-electron chi connectivity index (χ1n) is 12.2. The number of nitrogens with zero attached hydrogens (tertiary/aromatic N) is 3. The Labute approximate surface area is 219 Å². The van der Waals surface area contributed by atoms with Crippen molar-refractivity contribution < 1.29 is 24.0 Å². The maximum Gasteiger partial charge on any atom is 0.239 e. The Morgan fingerprint density at radius 1 is 0.750 bits per heavy atom. The van der Waals surface area contributed by atoms with Crippen LogP contribution in [0, 0.1) is 0 Å². The van der Waals surface area contributed by atoms with Crippen molar-refractivity contribution in [1.29, 1.82) is 0 Å². The zero-order valence-electron chi connectivity index (χ0n) is 21.9. The summed E-state index contributed by atoms with van der Waals surface area (Å²) in [6.07, 6.45) is 0.197. The number of likely N-dealkylation sites (N-methyl/N-ethyl adjacent to an activating group) is 1. The molecule has 0 saturated heterocycles. The number of hydrogen-bond donors (Lipinski definition) is 3. The Hall–Kier alpha value is -2.34. The molecule has 0 bridgehead atoms. The van der Waals surface area contributed by atoms with Crippen molar-refractivity contribution in [2.45, 2.75) is 45.3 Å². The van der Waals surface area contributed by atoms with Gasteiger partial charge >= 0.3 is 0 Å². The summed E-state index contributed by atoms with van der Waals surface area (Å²) in [5.74, 6) is -1.53. The second-order valence-electron chi connectivity index (χ2n) is 8.30. The molecule has 0 heterocycles. The zero-order valence-corrected chi connectivity index (χ0v) is 21.9. The first-order chi connectivity index (χ1) is 17.1. The minimum Gasteiger partial charge on any atom is -0.353 e. The molecular formula is C22H39B3N6O5. The number of hydrogen-bond acceptors (Lipinski definition) is 7. The van der Waals surface area contributed by atoms with Crippen LogP contribution in [0.3, 0.4) is 0 Å². The van der Waals surface area contributed by atoms with Crippen molar-refractivity contribution in [3.63, 3.8) is 0 Å². The zero-order chi connectivity index (χ0) is 27.5. The number of ketones is 1. The van der Waals surface area contributed by atoms with Crippen molar-refractivity contribution in [3.8, 4) is 0 Å². The van der Waals surface area contributed by atoms with E-state index < -0.39 is 11.8 Å². The molecule has 36 heavy (non-hydrogen) atoms. The van der Waals surface area contributed by atoms with Gasteiger partial charge in [0.1, 0.15) is 5.78 Å². The van der Waals surface area contributed by atoms with Crippen LogP contribution in [0.5, 0.6) is 0 Å². The van der Waals surface area contributed by atoms with Crippen LogP contribution >= 0.6 is 0 Å². The van der Waals surface area contributed by atoms with Gasteiger partial charge in [0.2, 0.25) is 23.6 Å². The number of amides is 4. The van der Waals surface area contributed by atoms with E-state index in [9.17, 15) is 24.0 Å². The van der Waals surface area contributed by atoms with Gasteiger partial charge in [-0.05, 0) is 39.4 Å². The molecule has 196 valence electrons. The van der Waals surface area contributed by atoms with E-state index in [0.29, 0.717) is 26.2 Å². The van der Waals surface area contributed by atoms with Crippen LogP contribution in [0.25, 0.3) is 0 Å². The van der Waals surface area contributed by atoms with E-state index in [-0.39, 0.29) is 75.3 Å². The molecule has 6 radical (unpaired) electrons. The lowest BCUT2D eigenvalue weighted by atomic mass is 10.0. The van der Waals surface area contributed by atoms with E-state index in [4.69, 9.17) is 23.5 Å². The van der Waals surface area contributed by atoms with E-state index in [1.54, 1.807) is 4.90 Å². The second kappa shape index (κ2) is 19.8. The summed E-state index contributed by atoms with van der Waals surface area (Å²) in [5, 5.41) is 8.98. The fourth-order valence-corrected chi connectivity index (χ4v) is 3.37. The molecule has 0 aliphatic carbocycles. The number of carbonyl (C=O) groups excluding carboxylic acids is 5. The Morgan fingerprint density at radius 2 is 1.25 bits per heavy atom. The number of Topliss-reactive ketones (excluding diaryl/α,β-unsaturated/α-hetero) is 1. The largest absolute Gasteiger partial charge is 0.353 e. The highest BCUT2D eigenvalue weighted by Gasteiger charge is 2.19. The Morgan fingerprint density at radius 3 is 1.75 bits per heavy atom. The molecule has 0 saturated carbocycles. The summed E-state index contributed by atoms with van der Waals surface area (Å²) in [4.78, 5) is 64.3. The van der Waals surface area contributed by atoms with Crippen molar-refractivity contribution >= 4 is 53.0 Å². The predicted octanol–water partition coefficient (Wildman–Crippen LogP) is -2.47. The molecule has 0 aromatic heterocycles. The molecule has 3 N–H and O–H groups in total. The Bertz CT molecular complexity index is 716. The van der Waals surface area contributed by atoms with Gasteiger partial charge in [0, 0.05) is 51.9 Å². The maximum atomic E-state index is 12.4. The topological polar surface area (TPSA) is 131 Å². The summed E-state index contributed by atoms with van der Waals surface area (Å²) in [6, 6.07) is -0.0200. The van der Waals surface area contributed by atoms with Gasteiger partial charge in [-0.2, -0.15) is 0 Å². The lowest BCUT2D eigenvalue weighted by molar-refractivity contribution is -0.134. The lowest BCUT2D eigenvalue weighted by Crippen LogP contribution is -2.49. The molecular weight excluding hydrogens is 461 g/mol. The molecule has 0 rings (SSSR count). The van der Waals surface area contributed by atoms with E-state index >= 15 is 0 Å². The second-order valence-corrected chi connectivity index (χ2v) is 8.30. The van der Waals surface area contributed by atoms with Gasteiger partial charge in [-0.25, -0.2) is 0 Å². The minimum atomic E-state index is -0.418. The molecule has 1 atom stereocenters. The molecule has 0 spiro atoms. The van der Waals surface area contributed by atoms with Crippen LogP contribution < -0.4 is 16.0 Å². The third-order valence-electron chi connectivity index (χ3n) is 5.41. The number of carbonyl (C=O) groups is 5. The van der Waals surface area contributed by atoms with Gasteiger partial charge in [0.05, 0.1) is 36.6 Å². The van der Waals surface area contributed by atoms with Crippen LogP contribution in [-0.4, -0.2) is 140 Å². The first-order valence-corrected chi connectivity index (χ1v) is 12.2. The molecule has 4 amide bonds. The summed E-state index contributed by atoms with van der Waals surface area (Å²) in [5.41, 5.74) is 0. The Kier molecular flexibility index (Phi) is 18.5. The molecule has 1 unspecified atom stereocenters. The third kappa shape index (κ3) is 14.3. The van der Waals surface area contributed by atoms with E-state index in [2.05, 4.69) is 16.0 Å². The SMILES string of the molecule is [B]CC(=O)N(CCNC(=O)CN(CCNC(CC)CN(CCNC)C(=O)C[B])C(=O)C[B])CC(C)=O. The average Bonchev–Trinajstić information content (AvgIpc) is 2.86. The highest BCUT2D eigenvalue weighted by molar-refractivity contribution is 6.20. The molecule has 0 aliphatic heterocycles. The summed E-state index contributed by atoms with van der Waals surface area (Å²) < 4.78 is 0. The normalized spacial score (nSPS) is 11.4. The average molecular weight is 500 g/mol. The van der Waals surface area contributed by atoms with Crippen LogP contribution in [0.4, 0.5) is 0 Å². The van der Waals surface area contributed by atoms with E-state index in [0.717, 1.165) is 6.42 Å². The summed E-state index contributed by atoms with van der Waals surface area (Å²) in [6.45, 7) is 5.57. The lowest BCUT2D eigenvalue weighted by Gasteiger charge is -2.29. The quantitative estimate of drug-likeness (QED) is 0.158. The number of nitrogens with one attached hydrogen (secondary N) is 3. The van der Waals surface area contributed by atoms with Gasteiger partial charge in [-0.15, -0.1) is 0 Å². The van der Waals surface area contributed by atoms with Crippen molar-refractivity contribution in [3.05, 3.63) is 0 Å². The van der Waals surface area contributed by atoms with E-state index in [1.807, 2.05) is 14.0 Å². The number of rotatable bonds is 20. The monoisotopic (exact) mass is 500 g/mol. The smallest absolute Gasteiger partial charge is 0.239 e. The highest BCUT2D eigenvalue weighted by Crippen LogP contribution is 2.01. The molecule has 0 aliphatic rings. The fourth-order valence-electron chi connectivity index (χ4n) is 3.37. The maximum absolute atomic E-state index is 12.4. The van der Waals surface area contributed by atoms with E-state index in [1.165, 1.54) is 16.7 Å². The minimum absolute atomic E-state index is 0.0200. The van der Waals surface area contributed by atoms with Crippen LogP contribution in [0.1, 0.15) is 20.3 Å². The van der Waals surface area contributed by atoms with Gasteiger partial charge in [0.15, 0.2) is 0 Å². The van der Waals surface area contributed by atoms with Crippen LogP contribution in [0.15, 0.2) is 0 Å². The summed E-state index contributed by atoms with van der Waals surface area (Å²) in [7, 11) is 18.2. The van der Waals surface area contributed by atoms with Crippen molar-refractivity contribution in [2.24, 2.45) is 0 Å². The Balaban J connectivity index is 4.81. The molecule has 0 aromatic rings. The molecule has 0 aromatic carbocycles. The van der Waals surface area contributed by atoms with Gasteiger partial charge in [-0.3, -0.25) is 24.0 Å². The molecule has 0 fully saturated rings. The predicted molar refractivity (Wildman–Crippen MR) is 141 cm³/mol. The highest BCUT2D eigenvalue weighted by atomic mass is 16.2. The van der Waals surface area contributed by atoms with Crippen LogP contribution in [-0.2, 0) is 24.0 Å². The summed E-state index contributed by atoms with van der Waals surface area (Å²) >= 11 is 0. The third-order valence-corrected chi connectivity index (χ3v) is 5.41. The van der Waals surface area contributed by atoms with Gasteiger partial charge < -0.3 is 30.7 Å². The van der Waals surface area contributed by atoms with Crippen molar-refractivity contribution in [1.82, 2.24) is 30.7 Å². The fraction of sp³-hybridized carbons (Fsp3) is 0.773. The van der Waals surface area contributed by atoms with Gasteiger partial charge in [-0.1, -0.05) is 6.92 Å². The van der Waals surface area contributed by atoms with Crippen LogP contribution in [0.2, 0.25) is 19.0 Å². The molecule has 14 heteroatoms. The van der Waals surface area contributed by atoms with Gasteiger partial charge in [0.25, 0.3) is 0 Å².